The number of amides is 1. The standard InChI is InChI=1S/C21H25Cl2NO.C13H17ClN2O2/c1-16(17-7-8-19(22)20(23)15-17)9-12-24-13-10-21(25,11-14-24)18-5-3-2-4-6-18;1-9-5-11(7-12(14)6-9)13(17)16(3)8-10(2)15-18-4/h2-8,15-16,25H,9-14H2,1H3;5-7H,8H2,1-4H3/b;15-10+. The number of benzene rings is 3. The van der Waals surface area contributed by atoms with Gasteiger partial charge in [-0.25, -0.2) is 0 Å². The lowest BCUT2D eigenvalue weighted by molar-refractivity contribution is -0.0262. The molecule has 1 amide bonds. The van der Waals surface area contributed by atoms with Crippen LogP contribution in [0.2, 0.25) is 15.1 Å². The summed E-state index contributed by atoms with van der Waals surface area (Å²) in [6.07, 6.45) is 2.65. The number of carbonyl (C=O) groups excluding carboxylic acids is 1. The van der Waals surface area contributed by atoms with Gasteiger partial charge < -0.3 is 19.7 Å². The molecule has 0 aromatic heterocycles. The van der Waals surface area contributed by atoms with E-state index in [0.29, 0.717) is 33.1 Å². The van der Waals surface area contributed by atoms with Crippen LogP contribution in [0.1, 0.15) is 66.1 Å². The maximum absolute atomic E-state index is 12.2. The van der Waals surface area contributed by atoms with E-state index in [2.05, 4.69) is 27.9 Å². The van der Waals surface area contributed by atoms with E-state index < -0.39 is 5.60 Å². The molecule has 0 bridgehead atoms. The molecule has 232 valence electrons. The fourth-order valence-corrected chi connectivity index (χ4v) is 5.82. The number of rotatable bonds is 9. The Kier molecular flexibility index (Phi) is 13.3. The van der Waals surface area contributed by atoms with Crippen molar-refractivity contribution in [2.75, 3.05) is 40.3 Å². The van der Waals surface area contributed by atoms with Crippen molar-refractivity contribution in [2.45, 2.75) is 51.6 Å². The first-order chi connectivity index (χ1) is 20.4. The van der Waals surface area contributed by atoms with Crippen LogP contribution >= 0.6 is 34.8 Å². The second kappa shape index (κ2) is 16.5. The van der Waals surface area contributed by atoms with E-state index in [1.165, 1.54) is 12.7 Å². The van der Waals surface area contributed by atoms with Gasteiger partial charge in [0.2, 0.25) is 0 Å². The van der Waals surface area contributed by atoms with E-state index in [1.807, 2.05) is 61.5 Å². The van der Waals surface area contributed by atoms with Crippen molar-refractivity contribution in [1.29, 1.82) is 0 Å². The van der Waals surface area contributed by atoms with Gasteiger partial charge in [-0.2, -0.15) is 0 Å². The maximum atomic E-state index is 12.2. The third-order valence-corrected chi connectivity index (χ3v) is 8.69. The van der Waals surface area contributed by atoms with Crippen molar-refractivity contribution >= 4 is 46.4 Å². The second-order valence-electron chi connectivity index (χ2n) is 11.3. The lowest BCUT2D eigenvalue weighted by Crippen LogP contribution is -2.43. The molecule has 1 aliphatic rings. The summed E-state index contributed by atoms with van der Waals surface area (Å²) in [5.41, 5.74) is 3.86. The van der Waals surface area contributed by atoms with Crippen LogP contribution in [0.15, 0.2) is 71.9 Å². The number of likely N-dealkylation sites (tertiary alicyclic amines) is 1. The highest BCUT2D eigenvalue weighted by Gasteiger charge is 2.33. The van der Waals surface area contributed by atoms with Crippen molar-refractivity contribution in [3.63, 3.8) is 0 Å². The smallest absolute Gasteiger partial charge is 0.253 e. The molecule has 1 aliphatic heterocycles. The zero-order chi connectivity index (χ0) is 31.6. The Bertz CT molecular complexity index is 1360. The lowest BCUT2D eigenvalue weighted by Gasteiger charge is -2.39. The van der Waals surface area contributed by atoms with Crippen molar-refractivity contribution in [2.24, 2.45) is 5.16 Å². The van der Waals surface area contributed by atoms with Gasteiger partial charge in [-0.3, -0.25) is 4.79 Å². The third kappa shape index (κ3) is 10.5. The van der Waals surface area contributed by atoms with Gasteiger partial charge in [0.05, 0.1) is 27.9 Å². The summed E-state index contributed by atoms with van der Waals surface area (Å²) in [4.78, 5) is 20.8. The highest BCUT2D eigenvalue weighted by Crippen LogP contribution is 2.33. The fraction of sp³-hybridized carbons (Fsp3) is 0.412. The average molecular weight is 647 g/mol. The minimum atomic E-state index is -0.674. The topological polar surface area (TPSA) is 65.4 Å². The molecule has 43 heavy (non-hydrogen) atoms. The first-order valence-corrected chi connectivity index (χ1v) is 15.6. The number of aliphatic hydroxyl groups is 1. The molecule has 1 heterocycles. The summed E-state index contributed by atoms with van der Waals surface area (Å²) in [7, 11) is 3.19. The summed E-state index contributed by atoms with van der Waals surface area (Å²) in [6.45, 7) is 9.24. The van der Waals surface area contributed by atoms with Gasteiger partial charge in [-0.15, -0.1) is 0 Å². The highest BCUT2D eigenvalue weighted by atomic mass is 35.5. The Morgan fingerprint density at radius 2 is 1.72 bits per heavy atom. The SMILES string of the molecule is CC(CCN1CCC(O)(c2ccccc2)CC1)c1ccc(Cl)c(Cl)c1.CO/N=C(\C)CN(C)C(=O)c1cc(C)cc(Cl)c1. The molecule has 1 atom stereocenters. The number of nitrogens with zero attached hydrogens (tertiary/aromatic N) is 3. The summed E-state index contributed by atoms with van der Waals surface area (Å²) in [5.74, 6) is 0.343. The van der Waals surface area contributed by atoms with Crippen LogP contribution < -0.4 is 0 Å². The molecule has 0 radical (unpaired) electrons. The molecular formula is C34H42Cl3N3O3. The zero-order valence-corrected chi connectivity index (χ0v) is 27.9. The van der Waals surface area contributed by atoms with Gasteiger partial charge in [-0.1, -0.05) is 83.3 Å². The molecule has 1 N–H and O–H groups in total. The highest BCUT2D eigenvalue weighted by molar-refractivity contribution is 6.42. The van der Waals surface area contributed by atoms with E-state index in [9.17, 15) is 9.90 Å². The van der Waals surface area contributed by atoms with Crippen molar-refractivity contribution in [3.05, 3.63) is 104 Å². The first-order valence-electron chi connectivity index (χ1n) is 14.5. The van der Waals surface area contributed by atoms with Gasteiger partial charge in [0.25, 0.3) is 5.91 Å². The number of carbonyl (C=O) groups is 1. The molecule has 4 rings (SSSR count). The number of hydrogen-bond donors (Lipinski definition) is 1. The maximum Gasteiger partial charge on any atom is 0.253 e. The van der Waals surface area contributed by atoms with E-state index in [1.54, 1.807) is 24.9 Å². The Labute approximate surface area is 271 Å². The Balaban J connectivity index is 0.000000250. The molecular weight excluding hydrogens is 605 g/mol. The largest absolute Gasteiger partial charge is 0.399 e. The lowest BCUT2D eigenvalue weighted by atomic mass is 9.84. The first kappa shape index (κ1) is 34.9. The minimum absolute atomic E-state index is 0.0914. The van der Waals surface area contributed by atoms with Crippen molar-refractivity contribution < 1.29 is 14.7 Å². The van der Waals surface area contributed by atoms with Gasteiger partial charge in [0, 0.05) is 30.7 Å². The molecule has 0 aliphatic carbocycles. The van der Waals surface area contributed by atoms with Crippen molar-refractivity contribution in [3.8, 4) is 0 Å². The van der Waals surface area contributed by atoms with E-state index in [-0.39, 0.29) is 5.91 Å². The van der Waals surface area contributed by atoms with Crippen LogP contribution in [0.25, 0.3) is 0 Å². The monoisotopic (exact) mass is 645 g/mol. The normalized spacial score (nSPS) is 15.7. The molecule has 1 fully saturated rings. The molecule has 1 saturated heterocycles. The Hall–Kier alpha value is -2.61. The fourth-order valence-electron chi connectivity index (χ4n) is 5.23. The number of piperidine rings is 1. The molecule has 3 aromatic carbocycles. The summed E-state index contributed by atoms with van der Waals surface area (Å²) in [6, 6.07) is 21.2. The van der Waals surface area contributed by atoms with E-state index in [0.717, 1.165) is 55.7 Å². The molecule has 6 nitrogen and oxygen atoms in total. The number of oxime groups is 1. The van der Waals surface area contributed by atoms with Gasteiger partial charge in [-0.05, 0) is 92.6 Å². The van der Waals surface area contributed by atoms with Crippen LogP contribution in [0.3, 0.4) is 0 Å². The number of hydrogen-bond acceptors (Lipinski definition) is 5. The van der Waals surface area contributed by atoms with Crippen LogP contribution in [-0.4, -0.2) is 66.9 Å². The van der Waals surface area contributed by atoms with Crippen LogP contribution in [-0.2, 0) is 10.4 Å². The quantitative estimate of drug-likeness (QED) is 0.188. The Morgan fingerprint density at radius 1 is 1.05 bits per heavy atom. The summed E-state index contributed by atoms with van der Waals surface area (Å²) < 4.78 is 0. The predicted molar refractivity (Wildman–Crippen MR) is 179 cm³/mol. The number of halogens is 3. The predicted octanol–water partition coefficient (Wildman–Crippen LogP) is 8.21. The average Bonchev–Trinajstić information content (AvgIpc) is 2.98. The molecule has 0 spiro atoms. The van der Waals surface area contributed by atoms with E-state index >= 15 is 0 Å². The van der Waals surface area contributed by atoms with Crippen molar-refractivity contribution in [1.82, 2.24) is 9.80 Å². The van der Waals surface area contributed by atoms with Gasteiger partial charge >= 0.3 is 0 Å². The van der Waals surface area contributed by atoms with Crippen LogP contribution in [0.5, 0.6) is 0 Å². The van der Waals surface area contributed by atoms with Gasteiger partial charge in [0.15, 0.2) is 0 Å². The van der Waals surface area contributed by atoms with Crippen LogP contribution in [0.4, 0.5) is 0 Å². The molecule has 3 aromatic rings. The minimum Gasteiger partial charge on any atom is -0.399 e. The third-order valence-electron chi connectivity index (χ3n) is 7.73. The summed E-state index contributed by atoms with van der Waals surface area (Å²) >= 11 is 18.1. The zero-order valence-electron chi connectivity index (χ0n) is 25.6. The van der Waals surface area contributed by atoms with Crippen LogP contribution in [0, 0.1) is 6.92 Å². The molecule has 1 unspecified atom stereocenters. The Morgan fingerprint density at radius 3 is 2.33 bits per heavy atom. The summed E-state index contributed by atoms with van der Waals surface area (Å²) in [5, 5.41) is 16.5. The second-order valence-corrected chi connectivity index (χ2v) is 12.5. The number of aryl methyl sites for hydroxylation is 1. The molecule has 0 saturated carbocycles. The van der Waals surface area contributed by atoms with E-state index in [4.69, 9.17) is 34.8 Å². The van der Waals surface area contributed by atoms with Gasteiger partial charge in [0.1, 0.15) is 7.11 Å². The molecule has 9 heteroatoms.